The third-order valence-corrected chi connectivity index (χ3v) is 2.95. The largest absolute Gasteiger partial charge is 0.500 e. The molecule has 0 bridgehead atoms. The first-order valence-corrected chi connectivity index (χ1v) is 5.90. The van der Waals surface area contributed by atoms with Crippen molar-refractivity contribution in [1.82, 2.24) is 4.57 Å². The Bertz CT molecular complexity index is 359. The summed E-state index contributed by atoms with van der Waals surface area (Å²) >= 11 is 0. The molecule has 1 aromatic rings. The molecule has 17 heavy (non-hydrogen) atoms. The van der Waals surface area contributed by atoms with Crippen LogP contribution in [0.2, 0.25) is 0 Å². The lowest BCUT2D eigenvalue weighted by Crippen LogP contribution is -2.04. The molecule has 0 spiro atoms. The Labute approximate surface area is 101 Å². The van der Waals surface area contributed by atoms with Crippen LogP contribution < -0.4 is 0 Å². The van der Waals surface area contributed by atoms with Gasteiger partial charge in [0.2, 0.25) is 23.3 Å². The summed E-state index contributed by atoms with van der Waals surface area (Å²) in [4.78, 5) is 0. The van der Waals surface area contributed by atoms with E-state index in [-0.39, 0.29) is 6.04 Å². The molecule has 0 fully saturated rings. The van der Waals surface area contributed by atoms with E-state index >= 15 is 0 Å². The molecule has 1 unspecified atom stereocenters. The molecule has 5 heteroatoms. The number of hydrogen-bond acceptors (Lipinski definition) is 4. The number of rotatable bonds is 5. The second-order valence-corrected chi connectivity index (χ2v) is 4.89. The molecule has 1 aromatic heterocycles. The Balaban J connectivity index is 2.75. The van der Waals surface area contributed by atoms with E-state index in [1.54, 1.807) is 0 Å². The fourth-order valence-corrected chi connectivity index (χ4v) is 1.91. The highest BCUT2D eigenvalue weighted by atomic mass is 16.4. The number of aromatic hydroxyl groups is 4. The summed E-state index contributed by atoms with van der Waals surface area (Å²) in [5.41, 5.74) is 0. The molecule has 0 amide bonds. The maximum Gasteiger partial charge on any atom is 0.241 e. The van der Waals surface area contributed by atoms with Crippen molar-refractivity contribution in [1.29, 1.82) is 0 Å². The van der Waals surface area contributed by atoms with Crippen LogP contribution in [0.4, 0.5) is 0 Å². The van der Waals surface area contributed by atoms with Crippen molar-refractivity contribution < 1.29 is 20.4 Å². The molecule has 0 saturated carbocycles. The molecule has 1 rings (SSSR count). The third kappa shape index (κ3) is 2.78. The van der Waals surface area contributed by atoms with Crippen LogP contribution in [0.1, 0.15) is 46.1 Å². The van der Waals surface area contributed by atoms with Crippen molar-refractivity contribution in [2.24, 2.45) is 5.92 Å². The van der Waals surface area contributed by atoms with Crippen LogP contribution in [0.5, 0.6) is 23.3 Å². The zero-order chi connectivity index (χ0) is 13.2. The minimum atomic E-state index is -0.668. The molecule has 0 aromatic carbocycles. The van der Waals surface area contributed by atoms with Gasteiger partial charge in [0, 0.05) is 6.04 Å². The summed E-state index contributed by atoms with van der Waals surface area (Å²) in [6.07, 6.45) is 2.77. The maximum absolute atomic E-state index is 9.57. The van der Waals surface area contributed by atoms with Gasteiger partial charge in [-0.05, 0) is 19.3 Å². The molecule has 1 atom stereocenters. The van der Waals surface area contributed by atoms with E-state index in [9.17, 15) is 20.4 Å². The average molecular weight is 243 g/mol. The topological polar surface area (TPSA) is 85.9 Å². The summed E-state index contributed by atoms with van der Waals surface area (Å²) in [6, 6.07) is -0.180. The molecule has 1 heterocycles. The lowest BCUT2D eigenvalue weighted by molar-refractivity contribution is 0.313. The van der Waals surface area contributed by atoms with Gasteiger partial charge in [0.25, 0.3) is 0 Å². The van der Waals surface area contributed by atoms with Gasteiger partial charge in [-0.3, -0.25) is 4.57 Å². The van der Waals surface area contributed by atoms with Gasteiger partial charge in [0.15, 0.2) is 0 Å². The van der Waals surface area contributed by atoms with Crippen molar-refractivity contribution in [3.05, 3.63) is 0 Å². The fourth-order valence-electron chi connectivity index (χ4n) is 1.91. The van der Waals surface area contributed by atoms with Crippen molar-refractivity contribution in [2.75, 3.05) is 0 Å². The lowest BCUT2D eigenvalue weighted by Gasteiger charge is -2.16. The second-order valence-electron chi connectivity index (χ2n) is 4.89. The van der Waals surface area contributed by atoms with Crippen LogP contribution in [-0.2, 0) is 0 Å². The predicted molar refractivity (Wildman–Crippen MR) is 64.5 cm³/mol. The number of nitrogens with zero attached hydrogens (tertiary/aromatic N) is 1. The van der Waals surface area contributed by atoms with E-state index in [4.69, 9.17) is 0 Å². The maximum atomic E-state index is 9.57. The summed E-state index contributed by atoms with van der Waals surface area (Å²) in [6.45, 7) is 6.08. The van der Waals surface area contributed by atoms with Gasteiger partial charge in [0.1, 0.15) is 0 Å². The van der Waals surface area contributed by atoms with E-state index in [1.807, 2.05) is 6.92 Å². The van der Waals surface area contributed by atoms with E-state index in [2.05, 4.69) is 13.8 Å². The molecule has 0 saturated heterocycles. The SMILES string of the molecule is CC(C)CCCC(C)n1c(O)c(O)c(O)c1O. The van der Waals surface area contributed by atoms with Crippen molar-refractivity contribution in [2.45, 2.75) is 46.1 Å². The average Bonchev–Trinajstić information content (AvgIpc) is 2.43. The van der Waals surface area contributed by atoms with E-state index in [0.717, 1.165) is 23.8 Å². The van der Waals surface area contributed by atoms with Crippen LogP contribution in [0.15, 0.2) is 0 Å². The lowest BCUT2D eigenvalue weighted by atomic mass is 10.0. The van der Waals surface area contributed by atoms with Gasteiger partial charge >= 0.3 is 0 Å². The fraction of sp³-hybridized carbons (Fsp3) is 0.667. The molecular weight excluding hydrogens is 222 g/mol. The zero-order valence-electron chi connectivity index (χ0n) is 10.5. The van der Waals surface area contributed by atoms with E-state index in [1.165, 1.54) is 0 Å². The Hall–Kier alpha value is -1.52. The predicted octanol–water partition coefficient (Wildman–Crippen LogP) is 2.70. The highest BCUT2D eigenvalue weighted by Gasteiger charge is 2.24. The van der Waals surface area contributed by atoms with Crippen LogP contribution in [-0.4, -0.2) is 25.0 Å². The van der Waals surface area contributed by atoms with Crippen molar-refractivity contribution >= 4 is 0 Å². The first-order chi connectivity index (χ1) is 7.86. The first kappa shape index (κ1) is 13.5. The Morgan fingerprint density at radius 2 is 1.35 bits per heavy atom. The summed E-state index contributed by atoms with van der Waals surface area (Å²) < 4.78 is 1.14. The Morgan fingerprint density at radius 1 is 0.882 bits per heavy atom. The van der Waals surface area contributed by atoms with Gasteiger partial charge in [-0.25, -0.2) is 0 Å². The second kappa shape index (κ2) is 5.21. The quantitative estimate of drug-likeness (QED) is 0.640. The highest BCUT2D eigenvalue weighted by molar-refractivity contribution is 5.54. The summed E-state index contributed by atoms with van der Waals surface area (Å²) in [5.74, 6) is -1.71. The third-order valence-electron chi connectivity index (χ3n) is 2.95. The normalized spacial score (nSPS) is 13.2. The highest BCUT2D eigenvalue weighted by Crippen LogP contribution is 2.47. The van der Waals surface area contributed by atoms with Crippen LogP contribution in [0.3, 0.4) is 0 Å². The van der Waals surface area contributed by atoms with Gasteiger partial charge in [-0.15, -0.1) is 0 Å². The van der Waals surface area contributed by atoms with Crippen molar-refractivity contribution in [3.8, 4) is 23.3 Å². The Morgan fingerprint density at radius 3 is 1.76 bits per heavy atom. The standard InChI is InChI=1S/C12H21NO4/c1-7(2)5-4-6-8(3)13-11(16)9(14)10(15)12(13)17/h7-8,14-17H,4-6H2,1-3H3. The van der Waals surface area contributed by atoms with Gasteiger partial charge < -0.3 is 20.4 Å². The minimum Gasteiger partial charge on any atom is -0.500 e. The molecule has 0 aliphatic rings. The number of hydrogen-bond donors (Lipinski definition) is 4. The molecule has 0 aliphatic heterocycles. The van der Waals surface area contributed by atoms with Crippen LogP contribution >= 0.6 is 0 Å². The van der Waals surface area contributed by atoms with Crippen molar-refractivity contribution in [3.63, 3.8) is 0 Å². The van der Waals surface area contributed by atoms with Gasteiger partial charge in [0.05, 0.1) is 0 Å². The summed E-state index contributed by atoms with van der Waals surface area (Å²) in [7, 11) is 0. The molecule has 0 radical (unpaired) electrons. The zero-order valence-corrected chi connectivity index (χ0v) is 10.5. The molecular formula is C12H21NO4. The smallest absolute Gasteiger partial charge is 0.241 e. The van der Waals surface area contributed by atoms with E-state index in [0.29, 0.717) is 5.92 Å². The molecule has 0 aliphatic carbocycles. The van der Waals surface area contributed by atoms with Crippen LogP contribution in [0.25, 0.3) is 0 Å². The monoisotopic (exact) mass is 243 g/mol. The van der Waals surface area contributed by atoms with Gasteiger partial charge in [-0.2, -0.15) is 0 Å². The Kier molecular flexibility index (Phi) is 4.15. The summed E-state index contributed by atoms with van der Waals surface area (Å²) in [5, 5.41) is 37.7. The van der Waals surface area contributed by atoms with Crippen LogP contribution in [0, 0.1) is 5.92 Å². The molecule has 5 nitrogen and oxygen atoms in total. The van der Waals surface area contributed by atoms with Gasteiger partial charge in [-0.1, -0.05) is 26.7 Å². The number of aromatic nitrogens is 1. The minimum absolute atomic E-state index is 0.180. The molecule has 98 valence electrons. The first-order valence-electron chi connectivity index (χ1n) is 5.90. The molecule has 4 N–H and O–H groups in total. The van der Waals surface area contributed by atoms with E-state index < -0.39 is 23.3 Å².